The Labute approximate surface area is 250 Å². The predicted molar refractivity (Wildman–Crippen MR) is 166 cm³/mol. The van der Waals surface area contributed by atoms with Gasteiger partial charge in [-0.3, -0.25) is 14.4 Å². The van der Waals surface area contributed by atoms with E-state index in [4.69, 9.17) is 21.8 Å². The van der Waals surface area contributed by atoms with Gasteiger partial charge in [0.2, 0.25) is 6.41 Å². The van der Waals surface area contributed by atoms with E-state index >= 15 is 0 Å². The zero-order valence-corrected chi connectivity index (χ0v) is 25.0. The van der Waals surface area contributed by atoms with E-state index in [2.05, 4.69) is 25.3 Å². The molecule has 1 heterocycles. The highest BCUT2D eigenvalue weighted by Crippen LogP contribution is 2.31. The molecule has 0 saturated heterocycles. The second-order valence-electron chi connectivity index (χ2n) is 9.30. The van der Waals surface area contributed by atoms with Crippen LogP contribution in [0.1, 0.15) is 11.1 Å². The topological polar surface area (TPSA) is 157 Å². The van der Waals surface area contributed by atoms with E-state index in [-0.39, 0.29) is 29.7 Å². The minimum Gasteiger partial charge on any atom is -0.395 e. The third-order valence-corrected chi connectivity index (χ3v) is 7.63. The normalized spacial score (nSPS) is 11.1. The molecule has 0 spiro atoms. The van der Waals surface area contributed by atoms with Crippen molar-refractivity contribution >= 4 is 56.4 Å². The van der Waals surface area contributed by atoms with E-state index in [1.165, 1.54) is 6.07 Å². The fraction of sp³-hybridized carbons (Fsp3) is 0.276. The van der Waals surface area contributed by atoms with Crippen LogP contribution in [0.2, 0.25) is 5.02 Å². The molecule has 0 unspecified atom stereocenters. The van der Waals surface area contributed by atoms with Crippen molar-refractivity contribution in [2.24, 2.45) is 0 Å². The smallest absolute Gasteiger partial charge is 0.263 e. The van der Waals surface area contributed by atoms with Crippen molar-refractivity contribution in [2.45, 2.75) is 18.7 Å². The molecular formula is C29H35ClN6O5S. The van der Waals surface area contributed by atoms with Crippen molar-refractivity contribution in [3.05, 3.63) is 82.9 Å². The molecule has 0 aliphatic rings. The Morgan fingerprint density at radius 2 is 1.50 bits per heavy atom. The van der Waals surface area contributed by atoms with Gasteiger partial charge in [-0.05, 0) is 61.4 Å². The monoisotopic (exact) mass is 614 g/mol. The van der Waals surface area contributed by atoms with Crippen LogP contribution in [-0.4, -0.2) is 79.3 Å². The second kappa shape index (κ2) is 16.0. The fourth-order valence-electron chi connectivity index (χ4n) is 3.89. The number of nitrogens with zero attached hydrogens (tertiary/aromatic N) is 3. The maximum absolute atomic E-state index is 13.0. The first-order chi connectivity index (χ1) is 20.2. The standard InChI is InChI=1S/C22H19ClN4O2S.C7H16N2O3/c1-14-6-5-7-16(12-14)30(28,29)27-22-21(24-18-8-3-4-9-19(18)25-22)26-20-13-15(2)10-11-17(20)23;10-5-3-9(4-6-11)2-1-8-7-12/h3-13H,1-2H3,(H,24,26)(H,25,27);7,10-11H,1-6H2,(H,8,12). The number of aliphatic hydroxyl groups excluding tert-OH is 2. The van der Waals surface area contributed by atoms with Crippen LogP contribution in [0.25, 0.3) is 11.0 Å². The van der Waals surface area contributed by atoms with Crippen LogP contribution in [0.5, 0.6) is 0 Å². The van der Waals surface area contributed by atoms with Crippen molar-refractivity contribution in [1.82, 2.24) is 20.2 Å². The molecule has 3 aromatic carbocycles. The van der Waals surface area contributed by atoms with E-state index in [9.17, 15) is 13.2 Å². The summed E-state index contributed by atoms with van der Waals surface area (Å²) in [4.78, 5) is 21.0. The molecule has 0 aliphatic heterocycles. The number of rotatable bonds is 13. The molecule has 42 heavy (non-hydrogen) atoms. The van der Waals surface area contributed by atoms with E-state index in [1.807, 2.05) is 55.1 Å². The number of sulfonamides is 1. The zero-order valence-electron chi connectivity index (χ0n) is 23.4. The summed E-state index contributed by atoms with van der Waals surface area (Å²) in [5, 5.41) is 23.3. The molecule has 1 amide bonds. The molecule has 0 atom stereocenters. The van der Waals surface area contributed by atoms with Crippen LogP contribution >= 0.6 is 11.6 Å². The number of para-hydroxylation sites is 2. The summed E-state index contributed by atoms with van der Waals surface area (Å²) >= 11 is 6.31. The van der Waals surface area contributed by atoms with Crippen LogP contribution in [0.3, 0.4) is 0 Å². The number of nitrogens with one attached hydrogen (secondary N) is 3. The van der Waals surface area contributed by atoms with Gasteiger partial charge in [-0.2, -0.15) is 0 Å². The van der Waals surface area contributed by atoms with Gasteiger partial charge in [0, 0.05) is 26.2 Å². The third kappa shape index (κ3) is 9.64. The highest BCUT2D eigenvalue weighted by atomic mass is 35.5. The summed E-state index contributed by atoms with van der Waals surface area (Å²) < 4.78 is 28.5. The van der Waals surface area contributed by atoms with Gasteiger partial charge in [-0.25, -0.2) is 18.4 Å². The summed E-state index contributed by atoms with van der Waals surface area (Å²) in [6.45, 7) is 6.17. The number of carbonyl (C=O) groups excluding carboxylic acids is 1. The SMILES string of the molecule is Cc1cccc(S(=O)(=O)Nc2nc3ccccc3nc2Nc2cc(C)ccc2Cl)c1.O=CNCCN(CCO)CCO. The van der Waals surface area contributed by atoms with E-state index < -0.39 is 10.0 Å². The van der Waals surface area contributed by atoms with Crippen LogP contribution in [-0.2, 0) is 14.8 Å². The van der Waals surface area contributed by atoms with Gasteiger partial charge in [-0.1, -0.05) is 41.9 Å². The molecule has 224 valence electrons. The Morgan fingerprint density at radius 1 is 0.857 bits per heavy atom. The second-order valence-corrected chi connectivity index (χ2v) is 11.4. The molecule has 0 aliphatic carbocycles. The fourth-order valence-corrected chi connectivity index (χ4v) is 5.17. The molecule has 0 fully saturated rings. The molecule has 0 radical (unpaired) electrons. The lowest BCUT2D eigenvalue weighted by Gasteiger charge is -2.19. The molecule has 0 bridgehead atoms. The zero-order chi connectivity index (χ0) is 30.5. The van der Waals surface area contributed by atoms with Crippen LogP contribution < -0.4 is 15.4 Å². The molecule has 4 aromatic rings. The quantitative estimate of drug-likeness (QED) is 0.112. The van der Waals surface area contributed by atoms with Gasteiger partial charge in [0.05, 0.1) is 39.9 Å². The lowest BCUT2D eigenvalue weighted by atomic mass is 10.2. The maximum atomic E-state index is 13.0. The first-order valence-corrected chi connectivity index (χ1v) is 15.0. The van der Waals surface area contributed by atoms with Crippen LogP contribution in [0.15, 0.2) is 71.6 Å². The highest BCUT2D eigenvalue weighted by Gasteiger charge is 2.19. The van der Waals surface area contributed by atoms with E-state index in [0.717, 1.165) is 11.1 Å². The molecule has 0 saturated carbocycles. The maximum Gasteiger partial charge on any atom is 0.263 e. The van der Waals surface area contributed by atoms with Crippen molar-refractivity contribution in [3.8, 4) is 0 Å². The number of amides is 1. The highest BCUT2D eigenvalue weighted by molar-refractivity contribution is 7.92. The lowest BCUT2D eigenvalue weighted by Crippen LogP contribution is -2.35. The summed E-state index contributed by atoms with van der Waals surface area (Å²) in [6.07, 6.45) is 0.635. The number of hydrogen-bond donors (Lipinski definition) is 5. The van der Waals surface area contributed by atoms with E-state index in [0.29, 0.717) is 54.3 Å². The first-order valence-electron chi connectivity index (χ1n) is 13.2. The average Bonchev–Trinajstić information content (AvgIpc) is 2.96. The average molecular weight is 615 g/mol. The van der Waals surface area contributed by atoms with Gasteiger partial charge >= 0.3 is 0 Å². The van der Waals surface area contributed by atoms with Crippen molar-refractivity contribution < 1.29 is 23.4 Å². The van der Waals surface area contributed by atoms with Crippen molar-refractivity contribution in [1.29, 1.82) is 0 Å². The minimum atomic E-state index is -3.86. The van der Waals surface area contributed by atoms with Crippen LogP contribution in [0.4, 0.5) is 17.3 Å². The largest absolute Gasteiger partial charge is 0.395 e. The van der Waals surface area contributed by atoms with Gasteiger partial charge in [0.1, 0.15) is 0 Å². The Balaban J connectivity index is 0.000000343. The number of halogens is 1. The van der Waals surface area contributed by atoms with Gasteiger partial charge in [-0.15, -0.1) is 0 Å². The first kappa shape index (κ1) is 32.7. The molecule has 11 nitrogen and oxygen atoms in total. The number of aromatic nitrogens is 2. The Hall–Kier alpha value is -3.81. The molecule has 4 rings (SSSR count). The number of benzene rings is 3. The Kier molecular flexibility index (Phi) is 12.5. The van der Waals surface area contributed by atoms with Gasteiger partial charge in [0.15, 0.2) is 11.6 Å². The summed E-state index contributed by atoms with van der Waals surface area (Å²) in [5.74, 6) is 0.352. The Morgan fingerprint density at radius 3 is 2.12 bits per heavy atom. The molecule has 1 aromatic heterocycles. The minimum absolute atomic E-state index is 0.0705. The summed E-state index contributed by atoms with van der Waals surface area (Å²) in [6, 6.07) is 19.4. The molecule has 13 heteroatoms. The molecular weight excluding hydrogens is 580 g/mol. The van der Waals surface area contributed by atoms with Gasteiger partial charge in [0.25, 0.3) is 10.0 Å². The van der Waals surface area contributed by atoms with E-state index in [1.54, 1.807) is 24.3 Å². The number of aliphatic hydroxyl groups is 2. The number of anilines is 3. The van der Waals surface area contributed by atoms with Gasteiger partial charge < -0.3 is 20.8 Å². The predicted octanol–water partition coefficient (Wildman–Crippen LogP) is 3.46. The summed E-state index contributed by atoms with van der Waals surface area (Å²) in [5.41, 5.74) is 3.64. The van der Waals surface area contributed by atoms with Crippen molar-refractivity contribution in [3.63, 3.8) is 0 Å². The van der Waals surface area contributed by atoms with Crippen molar-refractivity contribution in [2.75, 3.05) is 49.4 Å². The Bertz CT molecular complexity index is 1580. The molecule has 5 N–H and O–H groups in total. The number of fused-ring (bicyclic) bond motifs is 1. The lowest BCUT2D eigenvalue weighted by molar-refractivity contribution is -0.109. The third-order valence-electron chi connectivity index (χ3n) is 5.96. The summed E-state index contributed by atoms with van der Waals surface area (Å²) in [7, 11) is -3.86. The number of hydrogen-bond acceptors (Lipinski definition) is 9. The number of carbonyl (C=O) groups is 1. The number of aryl methyl sites for hydroxylation is 2. The van der Waals surface area contributed by atoms with Crippen LogP contribution in [0, 0.1) is 13.8 Å².